The van der Waals surface area contributed by atoms with Gasteiger partial charge >= 0.3 is 0 Å². The lowest BCUT2D eigenvalue weighted by atomic mass is 10.2. The fourth-order valence-corrected chi connectivity index (χ4v) is 2.74. The number of imidazole rings is 1. The Morgan fingerprint density at radius 2 is 2.29 bits per heavy atom. The molecule has 1 aliphatic heterocycles. The average Bonchev–Trinajstić information content (AvgIpc) is 2.74. The van der Waals surface area contributed by atoms with Crippen LogP contribution in [-0.4, -0.2) is 17.6 Å². The van der Waals surface area contributed by atoms with E-state index in [1.807, 2.05) is 6.20 Å². The largest absolute Gasteiger partial charge is 0.331 e. The predicted octanol–water partition coefficient (Wildman–Crippen LogP) is 2.10. The number of hydrogen-bond acceptors (Lipinski definition) is 2. The zero-order valence-electron chi connectivity index (χ0n) is 11.0. The van der Waals surface area contributed by atoms with Crippen molar-refractivity contribution in [2.75, 3.05) is 0 Å². The third-order valence-electron chi connectivity index (χ3n) is 2.92. The molecule has 2 heterocycles. The van der Waals surface area contributed by atoms with E-state index in [9.17, 15) is 0 Å². The average molecular weight is 247 g/mol. The molecule has 1 aromatic heterocycles. The molecule has 3 nitrogen and oxygen atoms in total. The smallest absolute Gasteiger partial charge is 0.129 e. The van der Waals surface area contributed by atoms with Crippen LogP contribution in [0.3, 0.4) is 0 Å². The van der Waals surface area contributed by atoms with Crippen LogP contribution < -0.4 is 5.73 Å². The van der Waals surface area contributed by atoms with E-state index in [1.165, 1.54) is 12.2 Å². The number of rotatable bonds is 2. The van der Waals surface area contributed by atoms with Crippen molar-refractivity contribution in [3.8, 4) is 11.5 Å². The second-order valence-electron chi connectivity index (χ2n) is 5.72. The first-order valence-corrected chi connectivity index (χ1v) is 9.77. The molecule has 0 aliphatic carbocycles. The summed E-state index contributed by atoms with van der Waals surface area (Å²) in [5.74, 6) is 4.44. The van der Waals surface area contributed by atoms with Gasteiger partial charge in [0.1, 0.15) is 13.9 Å². The van der Waals surface area contributed by atoms with Gasteiger partial charge in [0.15, 0.2) is 0 Å². The Kier molecular flexibility index (Phi) is 3.41. The van der Waals surface area contributed by atoms with Crippen LogP contribution in [0.4, 0.5) is 0 Å². The Labute approximate surface area is 104 Å². The van der Waals surface area contributed by atoms with Crippen molar-refractivity contribution in [3.05, 3.63) is 17.7 Å². The van der Waals surface area contributed by atoms with E-state index in [2.05, 4.69) is 40.7 Å². The predicted molar refractivity (Wildman–Crippen MR) is 73.2 cm³/mol. The first-order chi connectivity index (χ1) is 7.97. The van der Waals surface area contributed by atoms with Crippen LogP contribution in [-0.2, 0) is 13.0 Å². The summed E-state index contributed by atoms with van der Waals surface area (Å²) in [5.41, 5.74) is 10.7. The molecule has 0 saturated carbocycles. The molecular weight excluding hydrogens is 226 g/mol. The first kappa shape index (κ1) is 12.4. The molecule has 0 amide bonds. The van der Waals surface area contributed by atoms with Gasteiger partial charge in [0.25, 0.3) is 0 Å². The minimum atomic E-state index is -1.27. The van der Waals surface area contributed by atoms with Crippen molar-refractivity contribution in [2.24, 2.45) is 5.73 Å². The first-order valence-electron chi connectivity index (χ1n) is 6.27. The Morgan fingerprint density at radius 3 is 3.00 bits per heavy atom. The summed E-state index contributed by atoms with van der Waals surface area (Å²) >= 11 is 0. The highest BCUT2D eigenvalue weighted by Gasteiger charge is 2.19. The third kappa shape index (κ3) is 2.99. The monoisotopic (exact) mass is 247 g/mol. The van der Waals surface area contributed by atoms with Crippen molar-refractivity contribution >= 4 is 8.07 Å². The zero-order valence-corrected chi connectivity index (χ0v) is 12.0. The number of nitrogens with zero attached hydrogens (tertiary/aromatic N) is 2. The highest BCUT2D eigenvalue weighted by molar-refractivity contribution is 6.83. The maximum Gasteiger partial charge on any atom is 0.129 e. The molecular formula is C13H21N3Si. The summed E-state index contributed by atoms with van der Waals surface area (Å²) in [7, 11) is -1.27. The fourth-order valence-electron chi connectivity index (χ4n) is 2.11. The number of aromatic nitrogens is 2. The van der Waals surface area contributed by atoms with Gasteiger partial charge in [-0.1, -0.05) is 19.6 Å². The van der Waals surface area contributed by atoms with Gasteiger partial charge in [0.05, 0.1) is 17.9 Å². The summed E-state index contributed by atoms with van der Waals surface area (Å²) in [4.78, 5) is 4.42. The van der Waals surface area contributed by atoms with Gasteiger partial charge in [-0.2, -0.15) is 0 Å². The standard InChI is InChI=1S/C13H21N3Si/c1-17(2,3)9-5-6-11(14)12-10-15-13-7-4-8-16(12)13/h10-11H,4,6-8,14H2,1-3H3. The lowest BCUT2D eigenvalue weighted by Crippen LogP contribution is -2.18. The molecule has 0 radical (unpaired) electrons. The van der Waals surface area contributed by atoms with Gasteiger partial charge < -0.3 is 10.3 Å². The molecule has 2 N–H and O–H groups in total. The summed E-state index contributed by atoms with van der Waals surface area (Å²) in [6, 6.07) is 0.0122. The lowest BCUT2D eigenvalue weighted by Gasteiger charge is -2.11. The lowest BCUT2D eigenvalue weighted by molar-refractivity contribution is 0.633. The molecule has 4 heteroatoms. The molecule has 1 unspecified atom stereocenters. The van der Waals surface area contributed by atoms with E-state index in [0.717, 1.165) is 25.1 Å². The quantitative estimate of drug-likeness (QED) is 0.642. The molecule has 1 atom stereocenters. The highest BCUT2D eigenvalue weighted by Crippen LogP contribution is 2.21. The second kappa shape index (κ2) is 4.67. The van der Waals surface area contributed by atoms with Gasteiger partial charge in [-0.25, -0.2) is 4.98 Å². The van der Waals surface area contributed by atoms with Crippen LogP contribution in [0.25, 0.3) is 0 Å². The molecule has 0 saturated heterocycles. The molecule has 2 rings (SSSR count). The van der Waals surface area contributed by atoms with Gasteiger partial charge in [-0.3, -0.25) is 0 Å². The highest BCUT2D eigenvalue weighted by atomic mass is 28.3. The van der Waals surface area contributed by atoms with Crippen LogP contribution >= 0.6 is 0 Å². The van der Waals surface area contributed by atoms with Crippen LogP contribution in [0, 0.1) is 11.5 Å². The van der Waals surface area contributed by atoms with Gasteiger partial charge in [-0.15, -0.1) is 11.5 Å². The van der Waals surface area contributed by atoms with Crippen LogP contribution in [0.1, 0.15) is 30.4 Å². The molecule has 17 heavy (non-hydrogen) atoms. The minimum absolute atomic E-state index is 0.0122. The second-order valence-corrected chi connectivity index (χ2v) is 10.5. The SMILES string of the molecule is C[Si](C)(C)C#CCC(N)c1cnc2n1CCC2. The topological polar surface area (TPSA) is 43.8 Å². The molecule has 92 valence electrons. The van der Waals surface area contributed by atoms with Gasteiger partial charge in [0.2, 0.25) is 0 Å². The molecule has 0 aromatic carbocycles. The van der Waals surface area contributed by atoms with E-state index in [0.29, 0.717) is 0 Å². The van der Waals surface area contributed by atoms with Crippen molar-refractivity contribution in [1.82, 2.24) is 9.55 Å². The maximum atomic E-state index is 6.19. The van der Waals surface area contributed by atoms with Crippen molar-refractivity contribution in [1.29, 1.82) is 0 Å². The van der Waals surface area contributed by atoms with Crippen LogP contribution in [0.2, 0.25) is 19.6 Å². The summed E-state index contributed by atoms with van der Waals surface area (Å²) in [5, 5.41) is 0. The summed E-state index contributed by atoms with van der Waals surface area (Å²) in [6.45, 7) is 7.83. The van der Waals surface area contributed by atoms with Gasteiger partial charge in [-0.05, 0) is 6.42 Å². The Hall–Kier alpha value is -1.05. The van der Waals surface area contributed by atoms with E-state index < -0.39 is 8.07 Å². The van der Waals surface area contributed by atoms with E-state index >= 15 is 0 Å². The molecule has 0 fully saturated rings. The van der Waals surface area contributed by atoms with Crippen molar-refractivity contribution < 1.29 is 0 Å². The Balaban J connectivity index is 2.04. The molecule has 0 bridgehead atoms. The van der Waals surface area contributed by atoms with Crippen molar-refractivity contribution in [2.45, 2.75) is 51.5 Å². The Morgan fingerprint density at radius 1 is 1.53 bits per heavy atom. The number of fused-ring (bicyclic) bond motifs is 1. The fraction of sp³-hybridized carbons (Fsp3) is 0.615. The maximum absolute atomic E-state index is 6.19. The number of hydrogen-bond donors (Lipinski definition) is 1. The summed E-state index contributed by atoms with van der Waals surface area (Å²) in [6.07, 6.45) is 4.96. The zero-order chi connectivity index (χ0) is 12.5. The van der Waals surface area contributed by atoms with Crippen LogP contribution in [0.5, 0.6) is 0 Å². The molecule has 0 spiro atoms. The Bertz CT molecular complexity index is 459. The molecule has 1 aliphatic rings. The third-order valence-corrected chi connectivity index (χ3v) is 3.84. The number of nitrogens with two attached hydrogens (primary N) is 1. The summed E-state index contributed by atoms with van der Waals surface area (Å²) < 4.78 is 2.26. The molecule has 1 aromatic rings. The van der Waals surface area contributed by atoms with E-state index in [-0.39, 0.29) is 6.04 Å². The van der Waals surface area contributed by atoms with E-state index in [4.69, 9.17) is 5.73 Å². The van der Waals surface area contributed by atoms with Crippen LogP contribution in [0.15, 0.2) is 6.20 Å². The normalized spacial score (nSPS) is 16.2. The van der Waals surface area contributed by atoms with E-state index in [1.54, 1.807) is 0 Å². The number of aryl methyl sites for hydroxylation is 1. The van der Waals surface area contributed by atoms with Crippen molar-refractivity contribution in [3.63, 3.8) is 0 Å². The minimum Gasteiger partial charge on any atom is -0.331 e. The van der Waals surface area contributed by atoms with Gasteiger partial charge in [0, 0.05) is 19.4 Å².